The number of hydrogen-bond donors (Lipinski definition) is 0. The summed E-state index contributed by atoms with van der Waals surface area (Å²) in [6.45, 7) is 2.86. The molecule has 0 saturated carbocycles. The molecule has 1 aromatic carbocycles. The summed E-state index contributed by atoms with van der Waals surface area (Å²) < 4.78 is 5.46. The second-order valence-electron chi connectivity index (χ2n) is 8.19. The highest BCUT2D eigenvalue weighted by atomic mass is 16.5. The monoisotopic (exact) mass is 444 g/mol. The summed E-state index contributed by atoms with van der Waals surface area (Å²) in [5.41, 5.74) is 2.81. The molecule has 0 N–H and O–H groups in total. The molecule has 33 heavy (non-hydrogen) atoms. The van der Waals surface area contributed by atoms with Crippen molar-refractivity contribution >= 4 is 17.6 Å². The summed E-state index contributed by atoms with van der Waals surface area (Å²) in [6, 6.07) is 7.37. The summed E-state index contributed by atoms with van der Waals surface area (Å²) in [5, 5.41) is 0. The molecule has 2 aliphatic heterocycles. The van der Waals surface area contributed by atoms with Gasteiger partial charge in [0.1, 0.15) is 17.3 Å². The molecule has 1 fully saturated rings. The van der Waals surface area contributed by atoms with E-state index in [1.165, 1.54) is 12.4 Å². The Bertz CT molecular complexity index is 1220. The molecule has 0 aliphatic carbocycles. The summed E-state index contributed by atoms with van der Waals surface area (Å²) >= 11 is 0. The van der Waals surface area contributed by atoms with Gasteiger partial charge < -0.3 is 9.64 Å². The molecule has 0 bridgehead atoms. The number of anilines is 1. The zero-order valence-electron chi connectivity index (χ0n) is 18.6. The Kier molecular flexibility index (Phi) is 5.45. The third-order valence-electron chi connectivity index (χ3n) is 6.21. The number of aryl methyl sites for hydroxylation is 1. The molecule has 3 aromatic rings. The summed E-state index contributed by atoms with van der Waals surface area (Å²) in [6.07, 6.45) is 6.39. The maximum atomic E-state index is 13.1. The van der Waals surface area contributed by atoms with Crippen LogP contribution in [0.25, 0.3) is 0 Å². The fourth-order valence-electron chi connectivity index (χ4n) is 4.55. The Balaban J connectivity index is 1.48. The lowest BCUT2D eigenvalue weighted by Crippen LogP contribution is -2.33. The quantitative estimate of drug-likeness (QED) is 0.596. The largest absolute Gasteiger partial charge is 0.496 e. The van der Waals surface area contributed by atoms with E-state index in [-0.39, 0.29) is 24.3 Å². The van der Waals surface area contributed by atoms with Gasteiger partial charge in [-0.2, -0.15) is 0 Å². The van der Waals surface area contributed by atoms with Gasteiger partial charge in [-0.15, -0.1) is 0 Å². The number of fused-ring (bicyclic) bond motifs is 1. The minimum atomic E-state index is -0.271. The average molecular weight is 444 g/mol. The van der Waals surface area contributed by atoms with Crippen LogP contribution in [0.4, 0.5) is 5.82 Å². The van der Waals surface area contributed by atoms with Gasteiger partial charge in [0.2, 0.25) is 5.91 Å². The van der Waals surface area contributed by atoms with E-state index in [1.807, 2.05) is 31.2 Å². The molecule has 168 valence electrons. The third-order valence-corrected chi connectivity index (χ3v) is 6.21. The molecule has 2 amide bonds. The molecule has 2 aliphatic rings. The van der Waals surface area contributed by atoms with Crippen molar-refractivity contribution in [1.82, 2.24) is 24.8 Å². The molecule has 1 atom stereocenters. The summed E-state index contributed by atoms with van der Waals surface area (Å²) in [7, 11) is 1.62. The van der Waals surface area contributed by atoms with Crippen molar-refractivity contribution in [3.8, 4) is 5.75 Å². The van der Waals surface area contributed by atoms with Crippen LogP contribution in [0.5, 0.6) is 5.75 Å². The van der Waals surface area contributed by atoms with E-state index in [0.29, 0.717) is 30.4 Å². The van der Waals surface area contributed by atoms with E-state index in [0.717, 1.165) is 35.4 Å². The summed E-state index contributed by atoms with van der Waals surface area (Å²) in [4.78, 5) is 47.1. The molecule has 5 rings (SSSR count). The average Bonchev–Trinajstić information content (AvgIpc) is 3.45. The number of aromatic nitrogens is 4. The lowest BCUT2D eigenvalue weighted by Gasteiger charge is -2.25. The van der Waals surface area contributed by atoms with Crippen molar-refractivity contribution in [1.29, 1.82) is 0 Å². The molecule has 0 unspecified atom stereocenters. The van der Waals surface area contributed by atoms with Crippen LogP contribution in [-0.4, -0.2) is 50.3 Å². The number of ether oxygens (including phenoxy) is 1. The number of nitrogens with zero attached hydrogens (tertiary/aromatic N) is 6. The van der Waals surface area contributed by atoms with Gasteiger partial charge in [0.05, 0.1) is 32.3 Å². The van der Waals surface area contributed by atoms with Crippen molar-refractivity contribution in [2.75, 3.05) is 18.6 Å². The third kappa shape index (κ3) is 3.79. The van der Waals surface area contributed by atoms with E-state index in [1.54, 1.807) is 23.1 Å². The zero-order chi connectivity index (χ0) is 22.9. The maximum Gasteiger partial charge on any atom is 0.274 e. The molecule has 9 heteroatoms. The lowest BCUT2D eigenvalue weighted by molar-refractivity contribution is -0.117. The number of carbonyl (C=O) groups excluding carboxylic acids is 2. The molecular weight excluding hydrogens is 420 g/mol. The van der Waals surface area contributed by atoms with Gasteiger partial charge in [0.25, 0.3) is 5.91 Å². The first-order chi connectivity index (χ1) is 16.1. The second kappa shape index (κ2) is 8.57. The zero-order valence-corrected chi connectivity index (χ0v) is 18.6. The van der Waals surface area contributed by atoms with Crippen LogP contribution >= 0.6 is 0 Å². The molecule has 1 saturated heterocycles. The SMILES string of the molecule is COc1ccccc1CN1C(=O)Cc2c(C)nc([C@@H]3CCCN3C(=O)c3cnccn3)nc21. The van der Waals surface area contributed by atoms with E-state index in [9.17, 15) is 9.59 Å². The molecular formula is C24H24N6O3. The van der Waals surface area contributed by atoms with Crippen molar-refractivity contribution in [2.45, 2.75) is 38.8 Å². The standard InChI is InChI=1S/C24H24N6O3/c1-15-17-12-21(31)30(14-16-6-3-4-8-20(16)33-2)23(17)28-22(27-15)19-7-5-11-29(19)24(32)18-13-25-9-10-26-18/h3-4,6,8-10,13,19H,5,7,11-12,14H2,1-2H3/t19-/m0/s1. The van der Waals surface area contributed by atoms with Crippen LogP contribution in [0.2, 0.25) is 0 Å². The molecule has 2 aromatic heterocycles. The van der Waals surface area contributed by atoms with E-state index >= 15 is 0 Å². The van der Waals surface area contributed by atoms with Gasteiger partial charge in [-0.05, 0) is 25.8 Å². The van der Waals surface area contributed by atoms with E-state index < -0.39 is 0 Å². The maximum absolute atomic E-state index is 13.1. The number of carbonyl (C=O) groups is 2. The molecule has 4 heterocycles. The fraction of sp³-hybridized carbons (Fsp3) is 0.333. The van der Waals surface area contributed by atoms with Crippen molar-refractivity contribution in [2.24, 2.45) is 0 Å². The van der Waals surface area contributed by atoms with Crippen molar-refractivity contribution < 1.29 is 14.3 Å². The van der Waals surface area contributed by atoms with E-state index in [4.69, 9.17) is 14.7 Å². The smallest absolute Gasteiger partial charge is 0.274 e. The number of hydrogen-bond acceptors (Lipinski definition) is 7. The van der Waals surface area contributed by atoms with Crippen molar-refractivity contribution in [3.05, 3.63) is 71.2 Å². The van der Waals surface area contributed by atoms with E-state index in [2.05, 4.69) is 9.97 Å². The van der Waals surface area contributed by atoms with Crippen LogP contribution in [-0.2, 0) is 17.8 Å². The van der Waals surface area contributed by atoms with Gasteiger partial charge in [0.15, 0.2) is 5.82 Å². The topological polar surface area (TPSA) is 101 Å². The Labute approximate surface area is 191 Å². The first-order valence-corrected chi connectivity index (χ1v) is 10.9. The van der Waals surface area contributed by atoms with Gasteiger partial charge in [-0.25, -0.2) is 15.0 Å². The molecule has 0 spiro atoms. The predicted molar refractivity (Wildman–Crippen MR) is 120 cm³/mol. The minimum absolute atomic E-state index is 0.0237. The first kappa shape index (κ1) is 21.0. The van der Waals surface area contributed by atoms with Gasteiger partial charge in [0, 0.05) is 35.8 Å². The van der Waals surface area contributed by atoms with Crippen molar-refractivity contribution in [3.63, 3.8) is 0 Å². The number of benzene rings is 1. The summed E-state index contributed by atoms with van der Waals surface area (Å²) in [5.74, 6) is 1.69. The van der Waals surface area contributed by atoms with Gasteiger partial charge in [-0.3, -0.25) is 19.5 Å². The predicted octanol–water partition coefficient (Wildman–Crippen LogP) is 2.65. The van der Waals surface area contributed by atoms with Crippen LogP contribution in [0, 0.1) is 6.92 Å². The number of likely N-dealkylation sites (tertiary alicyclic amines) is 1. The number of amides is 2. The first-order valence-electron chi connectivity index (χ1n) is 10.9. The second-order valence-corrected chi connectivity index (χ2v) is 8.19. The lowest BCUT2D eigenvalue weighted by atomic mass is 10.1. The molecule has 0 radical (unpaired) electrons. The number of para-hydroxylation sites is 1. The number of rotatable bonds is 5. The number of methoxy groups -OCH3 is 1. The Morgan fingerprint density at radius 1 is 1.21 bits per heavy atom. The van der Waals surface area contributed by atoms with Crippen LogP contribution in [0.3, 0.4) is 0 Å². The Morgan fingerprint density at radius 2 is 2.06 bits per heavy atom. The van der Waals surface area contributed by atoms with Crippen LogP contribution in [0.15, 0.2) is 42.9 Å². The minimum Gasteiger partial charge on any atom is -0.496 e. The van der Waals surface area contributed by atoms with Gasteiger partial charge >= 0.3 is 0 Å². The highest BCUT2D eigenvalue weighted by Gasteiger charge is 2.37. The highest BCUT2D eigenvalue weighted by molar-refractivity contribution is 6.00. The fourth-order valence-corrected chi connectivity index (χ4v) is 4.55. The Morgan fingerprint density at radius 3 is 2.85 bits per heavy atom. The highest BCUT2D eigenvalue weighted by Crippen LogP contribution is 2.36. The van der Waals surface area contributed by atoms with Crippen LogP contribution < -0.4 is 9.64 Å². The molecule has 9 nitrogen and oxygen atoms in total. The Hall–Kier alpha value is -3.88. The van der Waals surface area contributed by atoms with Crippen LogP contribution in [0.1, 0.15) is 52.0 Å². The van der Waals surface area contributed by atoms with Gasteiger partial charge in [-0.1, -0.05) is 18.2 Å². The normalized spacial score (nSPS) is 17.4.